The number of ether oxygens (including phenoxy) is 1. The van der Waals surface area contributed by atoms with Crippen LogP contribution in [0.3, 0.4) is 0 Å². The Hall–Kier alpha value is -1.81. The van der Waals surface area contributed by atoms with Crippen LogP contribution < -0.4 is 4.74 Å². The Labute approximate surface area is 132 Å². The molecule has 2 heterocycles. The first kappa shape index (κ1) is 15.1. The van der Waals surface area contributed by atoms with E-state index in [4.69, 9.17) is 4.74 Å². The minimum absolute atomic E-state index is 0.426. The van der Waals surface area contributed by atoms with E-state index in [0.29, 0.717) is 6.04 Å². The molecule has 4 heteroatoms. The highest BCUT2D eigenvalue weighted by molar-refractivity contribution is 5.28. The molecule has 0 spiro atoms. The number of aryl methyl sites for hydroxylation is 1. The number of hydrogen-bond acceptors (Lipinski definition) is 3. The molecule has 1 fully saturated rings. The van der Waals surface area contributed by atoms with E-state index in [1.165, 1.54) is 36.9 Å². The fourth-order valence-electron chi connectivity index (χ4n) is 3.31. The second-order valence-corrected chi connectivity index (χ2v) is 6.10. The quantitative estimate of drug-likeness (QED) is 0.865. The first-order valence-electron chi connectivity index (χ1n) is 8.13. The van der Waals surface area contributed by atoms with Crippen molar-refractivity contribution in [1.82, 2.24) is 14.7 Å². The zero-order valence-corrected chi connectivity index (χ0v) is 13.5. The summed E-state index contributed by atoms with van der Waals surface area (Å²) in [6.07, 6.45) is 7.12. The van der Waals surface area contributed by atoms with Crippen LogP contribution in [0.1, 0.15) is 43.0 Å². The van der Waals surface area contributed by atoms with Crippen molar-refractivity contribution in [3.63, 3.8) is 0 Å². The average molecular weight is 299 g/mol. The molecule has 1 aliphatic heterocycles. The van der Waals surface area contributed by atoms with Gasteiger partial charge in [-0.1, -0.05) is 25.0 Å². The van der Waals surface area contributed by atoms with Crippen LogP contribution >= 0.6 is 0 Å². The van der Waals surface area contributed by atoms with Gasteiger partial charge in [-0.05, 0) is 43.1 Å². The summed E-state index contributed by atoms with van der Waals surface area (Å²) < 4.78 is 7.26. The molecular formula is C18H25N3O. The fourth-order valence-corrected chi connectivity index (χ4v) is 3.31. The number of rotatable bonds is 4. The van der Waals surface area contributed by atoms with Crippen molar-refractivity contribution < 1.29 is 4.74 Å². The lowest BCUT2D eigenvalue weighted by Crippen LogP contribution is -2.28. The van der Waals surface area contributed by atoms with Gasteiger partial charge in [-0.15, -0.1) is 0 Å². The van der Waals surface area contributed by atoms with Gasteiger partial charge in [0, 0.05) is 19.8 Å². The number of methoxy groups -OCH3 is 1. The van der Waals surface area contributed by atoms with E-state index in [1.807, 2.05) is 24.0 Å². The van der Waals surface area contributed by atoms with E-state index in [-0.39, 0.29) is 0 Å². The smallest absolute Gasteiger partial charge is 0.119 e. The number of benzene rings is 1. The maximum atomic E-state index is 5.35. The highest BCUT2D eigenvalue weighted by Crippen LogP contribution is 2.30. The van der Waals surface area contributed by atoms with Crippen molar-refractivity contribution in [2.75, 3.05) is 13.7 Å². The molecular weight excluding hydrogens is 274 g/mol. The standard InChI is InChI=1S/C18H25N3O/c1-20-12-10-17(19-20)18-9-4-3-5-11-21(18)14-15-7-6-8-16(13-15)22-2/h6-8,10,12-13,18H,3-5,9,11,14H2,1-2H3/t18-/m0/s1. The fraction of sp³-hybridized carbons (Fsp3) is 0.500. The molecule has 118 valence electrons. The van der Waals surface area contributed by atoms with Crippen molar-refractivity contribution >= 4 is 0 Å². The molecule has 1 saturated heterocycles. The Balaban J connectivity index is 1.80. The Kier molecular flexibility index (Phi) is 4.78. The number of aromatic nitrogens is 2. The molecule has 3 rings (SSSR count). The summed E-state index contributed by atoms with van der Waals surface area (Å²) in [4.78, 5) is 2.57. The summed E-state index contributed by atoms with van der Waals surface area (Å²) in [5, 5.41) is 4.65. The lowest BCUT2D eigenvalue weighted by molar-refractivity contribution is 0.188. The second-order valence-electron chi connectivity index (χ2n) is 6.10. The molecule has 0 amide bonds. The van der Waals surface area contributed by atoms with Gasteiger partial charge in [-0.2, -0.15) is 5.10 Å². The highest BCUT2D eigenvalue weighted by Gasteiger charge is 2.24. The Bertz CT molecular complexity index is 608. The van der Waals surface area contributed by atoms with Gasteiger partial charge in [0.05, 0.1) is 18.8 Å². The monoisotopic (exact) mass is 299 g/mol. The van der Waals surface area contributed by atoms with Crippen LogP contribution in [0.25, 0.3) is 0 Å². The lowest BCUT2D eigenvalue weighted by atomic mass is 10.1. The largest absolute Gasteiger partial charge is 0.497 e. The van der Waals surface area contributed by atoms with Crippen LogP contribution in [-0.2, 0) is 13.6 Å². The molecule has 0 unspecified atom stereocenters. The molecule has 0 radical (unpaired) electrons. The Morgan fingerprint density at radius 2 is 2.14 bits per heavy atom. The van der Waals surface area contributed by atoms with Gasteiger partial charge < -0.3 is 4.74 Å². The average Bonchev–Trinajstić information content (AvgIpc) is 2.83. The molecule has 2 aromatic rings. The third kappa shape index (κ3) is 3.50. The second kappa shape index (κ2) is 6.97. The predicted molar refractivity (Wildman–Crippen MR) is 87.8 cm³/mol. The van der Waals surface area contributed by atoms with Crippen molar-refractivity contribution in [1.29, 1.82) is 0 Å². The number of likely N-dealkylation sites (tertiary alicyclic amines) is 1. The highest BCUT2D eigenvalue weighted by atomic mass is 16.5. The Morgan fingerprint density at radius 1 is 1.23 bits per heavy atom. The van der Waals surface area contributed by atoms with Crippen LogP contribution in [0.2, 0.25) is 0 Å². The van der Waals surface area contributed by atoms with Gasteiger partial charge in [-0.3, -0.25) is 9.58 Å². The maximum absolute atomic E-state index is 5.35. The third-order valence-electron chi connectivity index (χ3n) is 4.46. The molecule has 1 aromatic heterocycles. The normalized spacial score (nSPS) is 19.8. The summed E-state index contributed by atoms with van der Waals surface area (Å²) in [6, 6.07) is 11.0. The van der Waals surface area contributed by atoms with E-state index >= 15 is 0 Å². The third-order valence-corrected chi connectivity index (χ3v) is 4.46. The summed E-state index contributed by atoms with van der Waals surface area (Å²) >= 11 is 0. The van der Waals surface area contributed by atoms with Crippen LogP contribution in [0.15, 0.2) is 36.5 Å². The van der Waals surface area contributed by atoms with Gasteiger partial charge in [0.25, 0.3) is 0 Å². The van der Waals surface area contributed by atoms with Crippen LogP contribution in [0.5, 0.6) is 5.75 Å². The zero-order valence-electron chi connectivity index (χ0n) is 13.5. The first-order chi connectivity index (χ1) is 10.8. The first-order valence-corrected chi connectivity index (χ1v) is 8.13. The van der Waals surface area contributed by atoms with Gasteiger partial charge >= 0.3 is 0 Å². The van der Waals surface area contributed by atoms with Gasteiger partial charge in [0.2, 0.25) is 0 Å². The van der Waals surface area contributed by atoms with Crippen molar-refractivity contribution in [3.8, 4) is 5.75 Å². The molecule has 1 aromatic carbocycles. The number of nitrogens with zero attached hydrogens (tertiary/aromatic N) is 3. The minimum atomic E-state index is 0.426. The summed E-state index contributed by atoms with van der Waals surface area (Å²) in [5.41, 5.74) is 2.51. The number of hydrogen-bond donors (Lipinski definition) is 0. The molecule has 1 aliphatic rings. The molecule has 22 heavy (non-hydrogen) atoms. The summed E-state index contributed by atoms with van der Waals surface area (Å²) in [6.45, 7) is 2.09. The van der Waals surface area contributed by atoms with E-state index in [1.54, 1.807) is 7.11 Å². The molecule has 1 atom stereocenters. The maximum Gasteiger partial charge on any atom is 0.119 e. The van der Waals surface area contributed by atoms with E-state index in [9.17, 15) is 0 Å². The molecule has 0 N–H and O–H groups in total. The van der Waals surface area contributed by atoms with Gasteiger partial charge in [0.1, 0.15) is 5.75 Å². The van der Waals surface area contributed by atoms with Crippen LogP contribution in [0.4, 0.5) is 0 Å². The van der Waals surface area contributed by atoms with Crippen molar-refractivity contribution in [3.05, 3.63) is 47.8 Å². The minimum Gasteiger partial charge on any atom is -0.497 e. The van der Waals surface area contributed by atoms with Gasteiger partial charge in [0.15, 0.2) is 0 Å². The zero-order chi connectivity index (χ0) is 15.4. The van der Waals surface area contributed by atoms with Gasteiger partial charge in [-0.25, -0.2) is 0 Å². The van der Waals surface area contributed by atoms with E-state index in [0.717, 1.165) is 18.8 Å². The lowest BCUT2D eigenvalue weighted by Gasteiger charge is -2.28. The predicted octanol–water partition coefficient (Wildman–Crippen LogP) is 3.55. The van der Waals surface area contributed by atoms with E-state index in [2.05, 4.69) is 34.3 Å². The topological polar surface area (TPSA) is 30.3 Å². The van der Waals surface area contributed by atoms with E-state index < -0.39 is 0 Å². The molecule has 0 saturated carbocycles. The van der Waals surface area contributed by atoms with Crippen molar-refractivity contribution in [2.45, 2.75) is 38.3 Å². The SMILES string of the molecule is COc1cccc(CN2CCCCC[C@H]2c2ccn(C)n2)c1. The molecule has 4 nitrogen and oxygen atoms in total. The molecule has 0 aliphatic carbocycles. The van der Waals surface area contributed by atoms with Crippen molar-refractivity contribution in [2.24, 2.45) is 7.05 Å². The van der Waals surface area contributed by atoms with Crippen LogP contribution in [-0.4, -0.2) is 28.3 Å². The Morgan fingerprint density at radius 3 is 2.91 bits per heavy atom. The summed E-state index contributed by atoms with van der Waals surface area (Å²) in [7, 11) is 3.72. The summed E-state index contributed by atoms with van der Waals surface area (Å²) in [5.74, 6) is 0.932. The van der Waals surface area contributed by atoms with Crippen LogP contribution in [0, 0.1) is 0 Å². The molecule has 0 bridgehead atoms.